The molecule has 2 aromatic heterocycles. The Balaban J connectivity index is 1.10. The lowest BCUT2D eigenvalue weighted by Crippen LogP contribution is -1.96. The molecule has 3 nitrogen and oxygen atoms in total. The van der Waals surface area contributed by atoms with Crippen LogP contribution in [0.4, 0.5) is 0 Å². The largest absolute Gasteiger partial charge is 0.455 e. The average molecular weight is 701 g/mol. The molecule has 0 fully saturated rings. The van der Waals surface area contributed by atoms with Gasteiger partial charge in [0, 0.05) is 32.8 Å². The van der Waals surface area contributed by atoms with E-state index in [1.165, 1.54) is 38.4 Å². The molecule has 55 heavy (non-hydrogen) atoms. The predicted molar refractivity (Wildman–Crippen MR) is 229 cm³/mol. The van der Waals surface area contributed by atoms with Gasteiger partial charge >= 0.3 is 0 Å². The smallest absolute Gasteiger partial charge is 0.160 e. The van der Waals surface area contributed by atoms with Crippen molar-refractivity contribution in [2.45, 2.75) is 0 Å². The number of fused-ring (bicyclic) bond motifs is 6. The van der Waals surface area contributed by atoms with Crippen LogP contribution >= 0.6 is 0 Å². The van der Waals surface area contributed by atoms with Crippen molar-refractivity contribution in [1.29, 1.82) is 0 Å². The quantitative estimate of drug-likeness (QED) is 0.179. The molecular formula is C52H32N2O. The average Bonchev–Trinajstić information content (AvgIpc) is 3.62. The molecule has 0 aliphatic heterocycles. The van der Waals surface area contributed by atoms with E-state index in [-0.39, 0.29) is 0 Å². The lowest BCUT2D eigenvalue weighted by atomic mass is 9.95. The second-order valence-electron chi connectivity index (χ2n) is 14.2. The molecule has 11 rings (SSSR count). The van der Waals surface area contributed by atoms with E-state index in [9.17, 15) is 0 Å². The van der Waals surface area contributed by atoms with Gasteiger partial charge in [0.05, 0.1) is 11.2 Å². The topological polar surface area (TPSA) is 38.9 Å². The number of nitrogens with zero attached hydrogens (tertiary/aromatic N) is 2. The van der Waals surface area contributed by atoms with Gasteiger partial charge < -0.3 is 4.42 Å². The van der Waals surface area contributed by atoms with Gasteiger partial charge in [0.15, 0.2) is 5.82 Å². The van der Waals surface area contributed by atoms with Crippen molar-refractivity contribution < 1.29 is 4.42 Å². The maximum Gasteiger partial charge on any atom is 0.160 e. The van der Waals surface area contributed by atoms with Crippen molar-refractivity contribution in [2.75, 3.05) is 0 Å². The predicted octanol–water partition coefficient (Wildman–Crippen LogP) is 14.2. The molecule has 0 radical (unpaired) electrons. The third-order valence-corrected chi connectivity index (χ3v) is 10.8. The Morgan fingerprint density at radius 3 is 1.69 bits per heavy atom. The van der Waals surface area contributed by atoms with E-state index in [4.69, 9.17) is 14.4 Å². The Morgan fingerprint density at radius 2 is 0.909 bits per heavy atom. The second-order valence-corrected chi connectivity index (χ2v) is 14.2. The molecule has 0 saturated heterocycles. The summed E-state index contributed by atoms with van der Waals surface area (Å²) in [5.74, 6) is 0.673. The number of aromatic nitrogens is 2. The fraction of sp³-hybridized carbons (Fsp3) is 0. The minimum atomic E-state index is 0.673. The van der Waals surface area contributed by atoms with Gasteiger partial charge in [-0.05, 0) is 85.8 Å². The Bertz CT molecular complexity index is 3230. The molecule has 0 atom stereocenters. The van der Waals surface area contributed by atoms with Crippen molar-refractivity contribution in [3.05, 3.63) is 194 Å². The summed E-state index contributed by atoms with van der Waals surface area (Å²) in [5.41, 5.74) is 12.3. The third-order valence-electron chi connectivity index (χ3n) is 10.8. The molecule has 0 spiro atoms. The molecule has 256 valence electrons. The first-order chi connectivity index (χ1) is 27.2. The number of hydrogen-bond donors (Lipinski definition) is 0. The van der Waals surface area contributed by atoms with Crippen LogP contribution in [-0.4, -0.2) is 9.97 Å². The molecule has 2 heterocycles. The zero-order valence-corrected chi connectivity index (χ0v) is 29.8. The fourth-order valence-corrected chi connectivity index (χ4v) is 7.99. The van der Waals surface area contributed by atoms with Crippen molar-refractivity contribution in [3.8, 4) is 56.0 Å². The molecule has 3 heteroatoms. The van der Waals surface area contributed by atoms with Crippen LogP contribution in [0.25, 0.3) is 110 Å². The molecule has 9 aromatic carbocycles. The van der Waals surface area contributed by atoms with Gasteiger partial charge in [-0.1, -0.05) is 158 Å². The minimum Gasteiger partial charge on any atom is -0.455 e. The van der Waals surface area contributed by atoms with Crippen LogP contribution in [-0.2, 0) is 0 Å². The normalized spacial score (nSPS) is 11.6. The van der Waals surface area contributed by atoms with Gasteiger partial charge in [-0.3, -0.25) is 0 Å². The highest BCUT2D eigenvalue weighted by molar-refractivity contribution is 6.14. The number of rotatable bonds is 5. The summed E-state index contributed by atoms with van der Waals surface area (Å²) in [5, 5.41) is 7.92. The Hall–Kier alpha value is -7.36. The monoisotopic (exact) mass is 700 g/mol. The van der Waals surface area contributed by atoms with Gasteiger partial charge in [-0.2, -0.15) is 0 Å². The summed E-state index contributed by atoms with van der Waals surface area (Å²) in [6.07, 6.45) is 0. The first-order valence-electron chi connectivity index (χ1n) is 18.6. The van der Waals surface area contributed by atoms with Crippen molar-refractivity contribution in [3.63, 3.8) is 0 Å². The number of hydrogen-bond acceptors (Lipinski definition) is 3. The Kier molecular flexibility index (Phi) is 7.17. The third kappa shape index (κ3) is 5.45. The zero-order chi connectivity index (χ0) is 36.3. The maximum atomic E-state index is 6.77. The van der Waals surface area contributed by atoms with Crippen LogP contribution in [0.1, 0.15) is 0 Å². The Morgan fingerprint density at radius 1 is 0.327 bits per heavy atom. The van der Waals surface area contributed by atoms with Crippen LogP contribution in [0.5, 0.6) is 0 Å². The SMILES string of the molecule is c1ccc(-c2ccc(-c3nc(-c4cc(-c5ccc(-c6ccc7ccccc7c6)cc5)c5oc6cc7ccccc7cc6c5c4)nc4ccccc34)cc2)cc1. The molecule has 0 saturated carbocycles. The molecule has 0 N–H and O–H groups in total. The van der Waals surface area contributed by atoms with E-state index < -0.39 is 0 Å². The highest BCUT2D eigenvalue weighted by Crippen LogP contribution is 2.42. The van der Waals surface area contributed by atoms with Crippen LogP contribution < -0.4 is 0 Å². The van der Waals surface area contributed by atoms with Crippen molar-refractivity contribution in [1.82, 2.24) is 9.97 Å². The van der Waals surface area contributed by atoms with Crippen LogP contribution in [0.15, 0.2) is 199 Å². The highest BCUT2D eigenvalue weighted by Gasteiger charge is 2.19. The lowest BCUT2D eigenvalue weighted by Gasteiger charge is -2.12. The van der Waals surface area contributed by atoms with Gasteiger partial charge in [-0.15, -0.1) is 0 Å². The van der Waals surface area contributed by atoms with Gasteiger partial charge in [-0.25, -0.2) is 9.97 Å². The summed E-state index contributed by atoms with van der Waals surface area (Å²) in [6.45, 7) is 0. The van der Waals surface area contributed by atoms with Gasteiger partial charge in [0.25, 0.3) is 0 Å². The number of para-hydroxylation sites is 1. The summed E-state index contributed by atoms with van der Waals surface area (Å²) < 4.78 is 6.77. The van der Waals surface area contributed by atoms with Crippen molar-refractivity contribution in [2.24, 2.45) is 0 Å². The fourth-order valence-electron chi connectivity index (χ4n) is 7.99. The number of furan rings is 1. The first kappa shape index (κ1) is 31.2. The van der Waals surface area contributed by atoms with Crippen LogP contribution in [0.2, 0.25) is 0 Å². The molecule has 0 aliphatic carbocycles. The van der Waals surface area contributed by atoms with E-state index >= 15 is 0 Å². The maximum absolute atomic E-state index is 6.77. The van der Waals surface area contributed by atoms with Gasteiger partial charge in [0.1, 0.15) is 11.2 Å². The Labute approximate surface area is 317 Å². The summed E-state index contributed by atoms with van der Waals surface area (Å²) >= 11 is 0. The summed E-state index contributed by atoms with van der Waals surface area (Å²) in [7, 11) is 0. The summed E-state index contributed by atoms with van der Waals surface area (Å²) in [4.78, 5) is 10.5. The van der Waals surface area contributed by atoms with Crippen LogP contribution in [0.3, 0.4) is 0 Å². The van der Waals surface area contributed by atoms with Crippen LogP contribution in [0, 0.1) is 0 Å². The lowest BCUT2D eigenvalue weighted by molar-refractivity contribution is 0.670. The summed E-state index contributed by atoms with van der Waals surface area (Å²) in [6, 6.07) is 68.7. The second kappa shape index (κ2) is 12.6. The molecule has 0 amide bonds. The standard InChI is InChI=1S/C52H32N2O/c1-2-10-33(11-3-1)35-20-25-38(26-21-35)50-44-16-8-9-17-48(44)53-52(54-50)43-30-45(51-47(31-43)46-29-40-14-6-7-15-41(40)32-49(46)55-51)37-23-18-36(19-24-37)42-27-22-34-12-4-5-13-39(34)28-42/h1-32H. The molecular weight excluding hydrogens is 669 g/mol. The van der Waals surface area contributed by atoms with E-state index in [0.29, 0.717) is 5.82 Å². The highest BCUT2D eigenvalue weighted by atomic mass is 16.3. The van der Waals surface area contributed by atoms with E-state index in [0.717, 1.165) is 66.2 Å². The molecule has 0 bridgehead atoms. The molecule has 11 aromatic rings. The minimum absolute atomic E-state index is 0.673. The number of benzene rings is 9. The van der Waals surface area contributed by atoms with Gasteiger partial charge in [0.2, 0.25) is 0 Å². The zero-order valence-electron chi connectivity index (χ0n) is 29.8. The van der Waals surface area contributed by atoms with E-state index in [1.807, 2.05) is 12.1 Å². The van der Waals surface area contributed by atoms with E-state index in [1.54, 1.807) is 0 Å². The molecule has 0 unspecified atom stereocenters. The first-order valence-corrected chi connectivity index (χ1v) is 18.6. The molecule has 0 aliphatic rings. The van der Waals surface area contributed by atoms with E-state index in [2.05, 4.69) is 182 Å². The van der Waals surface area contributed by atoms with Crippen molar-refractivity contribution >= 4 is 54.4 Å².